The lowest BCUT2D eigenvalue weighted by molar-refractivity contribution is 0.0173. The number of hydrogen-bond acceptors (Lipinski definition) is 3. The van der Waals surface area contributed by atoms with Gasteiger partial charge in [-0.25, -0.2) is 4.79 Å². The number of rotatable bonds is 1. The van der Waals surface area contributed by atoms with Crippen LogP contribution in [0.2, 0.25) is 0 Å². The van der Waals surface area contributed by atoms with E-state index in [1.54, 1.807) is 4.90 Å². The van der Waals surface area contributed by atoms with Gasteiger partial charge in [0.2, 0.25) is 0 Å². The van der Waals surface area contributed by atoms with Crippen LogP contribution in [0.15, 0.2) is 0 Å². The largest absolute Gasteiger partial charge is 0.444 e. The second-order valence-electron chi connectivity index (χ2n) is 5.07. The van der Waals surface area contributed by atoms with Gasteiger partial charge in [-0.05, 0) is 33.1 Å². The molecule has 1 saturated heterocycles. The monoisotopic (exact) mass is 216 g/mol. The smallest absolute Gasteiger partial charge is 0.410 e. The van der Waals surface area contributed by atoms with Crippen LogP contribution in [0, 0.1) is 5.92 Å². The first-order chi connectivity index (χ1) is 7.37. The summed E-state index contributed by atoms with van der Waals surface area (Å²) in [6, 6.07) is -0.190. The van der Waals surface area contributed by atoms with Crippen LogP contribution in [-0.4, -0.2) is 40.9 Å². The standard InChI is InChI=1S/C11H21NO3/c1-8-5-9(7-13)12(6-8)10(14)15-11(2,3)4/h8-9,13H,5-7H2,1-4H3/t8?,9-/m1/s1/i1D. The Balaban J connectivity index is 2.61. The van der Waals surface area contributed by atoms with Crippen molar-refractivity contribution >= 4 is 6.09 Å². The molecule has 0 spiro atoms. The quantitative estimate of drug-likeness (QED) is 0.724. The van der Waals surface area contributed by atoms with E-state index in [-0.39, 0.29) is 31.6 Å². The number of carbonyl (C=O) groups is 1. The maximum absolute atomic E-state index is 11.8. The molecule has 0 aromatic carbocycles. The van der Waals surface area contributed by atoms with Gasteiger partial charge in [0.1, 0.15) is 5.60 Å². The minimum absolute atomic E-state index is 0.0598. The van der Waals surface area contributed by atoms with E-state index in [1.807, 2.05) is 20.8 Å². The molecule has 88 valence electrons. The van der Waals surface area contributed by atoms with E-state index in [1.165, 1.54) is 0 Å². The SMILES string of the molecule is [2H]CC1C[C@H](CO)N(C(=O)OC(C)(C)C)C1. The van der Waals surface area contributed by atoms with E-state index < -0.39 is 5.60 Å². The van der Waals surface area contributed by atoms with Crippen molar-refractivity contribution in [2.24, 2.45) is 5.92 Å². The Labute approximate surface area is 92.6 Å². The van der Waals surface area contributed by atoms with Gasteiger partial charge in [0.15, 0.2) is 0 Å². The zero-order valence-corrected chi connectivity index (χ0v) is 9.69. The molecule has 1 aliphatic heterocycles. The summed E-state index contributed by atoms with van der Waals surface area (Å²) in [6.07, 6.45) is 0.307. The Bertz CT molecular complexity index is 252. The zero-order valence-electron chi connectivity index (χ0n) is 10.7. The van der Waals surface area contributed by atoms with Gasteiger partial charge in [-0.2, -0.15) is 0 Å². The summed E-state index contributed by atoms with van der Waals surface area (Å²) in [4.78, 5) is 13.4. The normalized spacial score (nSPS) is 27.7. The van der Waals surface area contributed by atoms with Crippen LogP contribution in [0.5, 0.6) is 0 Å². The highest BCUT2D eigenvalue weighted by Gasteiger charge is 2.35. The Morgan fingerprint density at radius 3 is 2.80 bits per heavy atom. The van der Waals surface area contributed by atoms with Crippen LogP contribution in [-0.2, 0) is 4.74 Å². The third-order valence-electron chi connectivity index (χ3n) is 2.34. The molecule has 1 amide bonds. The lowest BCUT2D eigenvalue weighted by Gasteiger charge is -2.27. The number of carbonyl (C=O) groups excluding carboxylic acids is 1. The predicted octanol–water partition coefficient (Wildman–Crippen LogP) is 1.62. The highest BCUT2D eigenvalue weighted by atomic mass is 16.6. The number of aliphatic hydroxyl groups excluding tert-OH is 1. The van der Waals surface area contributed by atoms with Crippen molar-refractivity contribution < 1.29 is 16.0 Å². The molecular formula is C11H21NO3. The number of hydrogen-bond donors (Lipinski definition) is 1. The molecule has 4 nitrogen and oxygen atoms in total. The van der Waals surface area contributed by atoms with Crippen LogP contribution in [0.25, 0.3) is 0 Å². The maximum Gasteiger partial charge on any atom is 0.410 e. The van der Waals surface area contributed by atoms with Crippen LogP contribution in [0.3, 0.4) is 0 Å². The fourth-order valence-electron chi connectivity index (χ4n) is 1.73. The van der Waals surface area contributed by atoms with Gasteiger partial charge in [0.25, 0.3) is 0 Å². The summed E-state index contributed by atoms with van der Waals surface area (Å²) in [5.41, 5.74) is -0.518. The van der Waals surface area contributed by atoms with Crippen molar-refractivity contribution in [3.8, 4) is 0 Å². The molecule has 4 heteroatoms. The molecule has 1 N–H and O–H groups in total. The number of amides is 1. The van der Waals surface area contributed by atoms with Crippen molar-refractivity contribution in [3.05, 3.63) is 0 Å². The molecule has 1 fully saturated rings. The number of nitrogens with zero attached hydrogens (tertiary/aromatic N) is 1. The van der Waals surface area contributed by atoms with Gasteiger partial charge in [-0.15, -0.1) is 0 Å². The van der Waals surface area contributed by atoms with Gasteiger partial charge in [0.05, 0.1) is 12.6 Å². The number of likely N-dealkylation sites (tertiary alicyclic amines) is 1. The Morgan fingerprint density at radius 1 is 1.67 bits per heavy atom. The fraction of sp³-hybridized carbons (Fsp3) is 0.909. The highest BCUT2D eigenvalue weighted by molar-refractivity contribution is 5.69. The molecule has 1 rings (SSSR count). The van der Waals surface area contributed by atoms with Crippen LogP contribution in [0.4, 0.5) is 4.79 Å². The summed E-state index contributed by atoms with van der Waals surface area (Å²) in [7, 11) is 0. The summed E-state index contributed by atoms with van der Waals surface area (Å²) >= 11 is 0. The van der Waals surface area contributed by atoms with Gasteiger partial charge in [0, 0.05) is 7.92 Å². The summed E-state index contributed by atoms with van der Waals surface area (Å²) in [6.45, 7) is 6.19. The number of ether oxygens (including phenoxy) is 1. The fourth-order valence-corrected chi connectivity index (χ4v) is 1.73. The third kappa shape index (κ3) is 3.38. The van der Waals surface area contributed by atoms with Gasteiger partial charge >= 0.3 is 6.09 Å². The first-order valence-electron chi connectivity index (χ1n) is 5.97. The molecule has 0 radical (unpaired) electrons. The molecule has 15 heavy (non-hydrogen) atoms. The van der Waals surface area contributed by atoms with Crippen molar-refractivity contribution in [2.75, 3.05) is 13.2 Å². The summed E-state index contributed by atoms with van der Waals surface area (Å²) in [5.74, 6) is 0.157. The Hall–Kier alpha value is -0.770. The molecule has 0 saturated carbocycles. The van der Waals surface area contributed by atoms with Crippen LogP contribution in [0.1, 0.15) is 35.5 Å². The van der Waals surface area contributed by atoms with Crippen LogP contribution >= 0.6 is 0 Å². The van der Waals surface area contributed by atoms with Crippen molar-refractivity contribution in [1.82, 2.24) is 4.90 Å². The molecule has 0 aromatic heterocycles. The van der Waals surface area contributed by atoms with Crippen molar-refractivity contribution in [3.63, 3.8) is 0 Å². The molecule has 2 atom stereocenters. The predicted molar refractivity (Wildman–Crippen MR) is 57.6 cm³/mol. The highest BCUT2D eigenvalue weighted by Crippen LogP contribution is 2.24. The summed E-state index contributed by atoms with van der Waals surface area (Å²) in [5, 5.41) is 9.19. The van der Waals surface area contributed by atoms with Gasteiger partial charge < -0.3 is 14.7 Å². The number of aliphatic hydroxyl groups is 1. The molecule has 0 aliphatic carbocycles. The third-order valence-corrected chi connectivity index (χ3v) is 2.34. The Morgan fingerprint density at radius 2 is 2.33 bits per heavy atom. The molecular weight excluding hydrogens is 194 g/mol. The molecule has 1 unspecified atom stereocenters. The summed E-state index contributed by atoms with van der Waals surface area (Å²) < 4.78 is 12.6. The van der Waals surface area contributed by atoms with Gasteiger partial charge in [-0.3, -0.25) is 0 Å². The molecule has 0 aromatic rings. The van der Waals surface area contributed by atoms with E-state index in [2.05, 4.69) is 0 Å². The molecule has 1 aliphatic rings. The van der Waals surface area contributed by atoms with E-state index in [0.29, 0.717) is 13.0 Å². The first kappa shape index (κ1) is 10.7. The van der Waals surface area contributed by atoms with Crippen molar-refractivity contribution in [2.45, 2.75) is 45.7 Å². The Kier molecular flexibility index (Phi) is 3.14. The zero-order chi connectivity index (χ0) is 12.3. The van der Waals surface area contributed by atoms with E-state index in [9.17, 15) is 9.90 Å². The first-order valence-corrected chi connectivity index (χ1v) is 5.27. The average Bonchev–Trinajstić information content (AvgIpc) is 2.58. The molecule has 1 heterocycles. The van der Waals surface area contributed by atoms with E-state index >= 15 is 0 Å². The minimum atomic E-state index is -0.518. The molecule has 0 bridgehead atoms. The van der Waals surface area contributed by atoms with Crippen molar-refractivity contribution in [1.29, 1.82) is 0 Å². The minimum Gasteiger partial charge on any atom is -0.444 e. The second-order valence-corrected chi connectivity index (χ2v) is 5.07. The van der Waals surface area contributed by atoms with Crippen LogP contribution < -0.4 is 0 Å². The van der Waals surface area contributed by atoms with E-state index in [4.69, 9.17) is 6.11 Å². The topological polar surface area (TPSA) is 49.8 Å². The maximum atomic E-state index is 11.8. The second kappa shape index (κ2) is 4.39. The van der Waals surface area contributed by atoms with Gasteiger partial charge in [-0.1, -0.05) is 6.90 Å². The lowest BCUT2D eigenvalue weighted by atomic mass is 10.1. The lowest BCUT2D eigenvalue weighted by Crippen LogP contribution is -2.41. The average molecular weight is 216 g/mol. The van der Waals surface area contributed by atoms with E-state index in [0.717, 1.165) is 0 Å².